The van der Waals surface area contributed by atoms with Gasteiger partial charge in [-0.1, -0.05) is 0 Å². The van der Waals surface area contributed by atoms with E-state index in [-0.39, 0.29) is 11.4 Å². The summed E-state index contributed by atoms with van der Waals surface area (Å²) in [5.74, 6) is -1.12. The third-order valence-corrected chi connectivity index (χ3v) is 2.24. The van der Waals surface area contributed by atoms with E-state index in [4.69, 9.17) is 0 Å². The van der Waals surface area contributed by atoms with E-state index in [0.29, 0.717) is 0 Å². The summed E-state index contributed by atoms with van der Waals surface area (Å²) in [6.45, 7) is 0. The number of aromatic nitrogens is 2. The molecule has 8 heteroatoms. The van der Waals surface area contributed by atoms with Gasteiger partial charge in [0.05, 0.1) is 16.8 Å². The molecule has 7 nitrogen and oxygen atoms in total. The molecule has 2 aromatic rings. The van der Waals surface area contributed by atoms with Crippen molar-refractivity contribution in [3.63, 3.8) is 0 Å². The fourth-order valence-corrected chi connectivity index (χ4v) is 1.37. The number of non-ortho nitro benzene ring substituents is 1. The number of nitrogens with zero attached hydrogens (tertiary/aromatic N) is 2. The van der Waals surface area contributed by atoms with Gasteiger partial charge in [0.2, 0.25) is 5.82 Å². The number of nitrogens with one attached hydrogen (secondary N) is 1. The van der Waals surface area contributed by atoms with Crippen molar-refractivity contribution in [2.45, 2.75) is 0 Å². The lowest BCUT2D eigenvalue weighted by atomic mass is 10.3. The van der Waals surface area contributed by atoms with Crippen LogP contribution in [0.15, 0.2) is 40.1 Å². The van der Waals surface area contributed by atoms with Crippen LogP contribution in [0.3, 0.4) is 0 Å². The molecule has 1 heterocycles. The molecular formula is C10H6FN3O4. The van der Waals surface area contributed by atoms with Gasteiger partial charge in [-0.15, -0.1) is 0 Å². The van der Waals surface area contributed by atoms with E-state index in [0.717, 1.165) is 10.8 Å². The van der Waals surface area contributed by atoms with Gasteiger partial charge in [-0.05, 0) is 12.1 Å². The lowest BCUT2D eigenvalue weighted by Gasteiger charge is -2.03. The number of hydrogen-bond donors (Lipinski definition) is 1. The predicted molar refractivity (Wildman–Crippen MR) is 59.3 cm³/mol. The average Bonchev–Trinajstić information content (AvgIpc) is 2.34. The van der Waals surface area contributed by atoms with Crippen molar-refractivity contribution in [2.24, 2.45) is 0 Å². The van der Waals surface area contributed by atoms with Crippen LogP contribution in [0.5, 0.6) is 0 Å². The molecule has 92 valence electrons. The van der Waals surface area contributed by atoms with Gasteiger partial charge in [0.25, 0.3) is 11.2 Å². The number of nitro benzene ring substituents is 1. The van der Waals surface area contributed by atoms with Crippen LogP contribution in [0.1, 0.15) is 0 Å². The molecule has 0 radical (unpaired) electrons. The first-order chi connectivity index (χ1) is 8.49. The summed E-state index contributed by atoms with van der Waals surface area (Å²) in [5, 5.41) is 10.4. The summed E-state index contributed by atoms with van der Waals surface area (Å²) in [6.07, 6.45) is 0.725. The molecule has 18 heavy (non-hydrogen) atoms. The van der Waals surface area contributed by atoms with E-state index in [1.807, 2.05) is 0 Å². The predicted octanol–water partition coefficient (Wildman–Crippen LogP) is 0.573. The van der Waals surface area contributed by atoms with Crippen LogP contribution in [-0.2, 0) is 0 Å². The summed E-state index contributed by atoms with van der Waals surface area (Å²) in [7, 11) is 0. The minimum atomic E-state index is -1.12. The first-order valence-corrected chi connectivity index (χ1v) is 4.75. The maximum absolute atomic E-state index is 13.0. The van der Waals surface area contributed by atoms with Crippen LogP contribution in [0.25, 0.3) is 5.69 Å². The van der Waals surface area contributed by atoms with E-state index in [1.54, 1.807) is 4.98 Å². The van der Waals surface area contributed by atoms with Crippen LogP contribution in [0.2, 0.25) is 0 Å². The van der Waals surface area contributed by atoms with Crippen molar-refractivity contribution < 1.29 is 9.31 Å². The Morgan fingerprint density at radius 2 is 1.83 bits per heavy atom. The van der Waals surface area contributed by atoms with Gasteiger partial charge in [0.1, 0.15) is 0 Å². The molecule has 0 saturated heterocycles. The van der Waals surface area contributed by atoms with Crippen LogP contribution < -0.4 is 11.2 Å². The summed E-state index contributed by atoms with van der Waals surface area (Å²) >= 11 is 0. The number of hydrogen-bond acceptors (Lipinski definition) is 4. The van der Waals surface area contributed by atoms with Crippen molar-refractivity contribution in [2.75, 3.05) is 0 Å². The van der Waals surface area contributed by atoms with E-state index < -0.39 is 22.0 Å². The largest absolute Gasteiger partial charge is 0.333 e. The molecule has 0 fully saturated rings. The molecule has 0 aliphatic rings. The highest BCUT2D eigenvalue weighted by Crippen LogP contribution is 2.13. The molecule has 1 aromatic carbocycles. The van der Waals surface area contributed by atoms with Gasteiger partial charge in [-0.25, -0.2) is 4.79 Å². The minimum absolute atomic E-state index is 0.156. The third-order valence-electron chi connectivity index (χ3n) is 2.24. The number of rotatable bonds is 2. The lowest BCUT2D eigenvalue weighted by molar-refractivity contribution is -0.384. The topological polar surface area (TPSA) is 98.0 Å². The summed E-state index contributed by atoms with van der Waals surface area (Å²) in [4.78, 5) is 33.9. The van der Waals surface area contributed by atoms with Crippen LogP contribution >= 0.6 is 0 Å². The second-order valence-electron chi connectivity index (χ2n) is 3.38. The average molecular weight is 251 g/mol. The first-order valence-electron chi connectivity index (χ1n) is 4.75. The Hall–Kier alpha value is -2.77. The maximum Gasteiger partial charge on any atom is 0.333 e. The Bertz CT molecular complexity index is 717. The van der Waals surface area contributed by atoms with Gasteiger partial charge in [-0.3, -0.25) is 24.5 Å². The van der Waals surface area contributed by atoms with E-state index >= 15 is 0 Å². The number of aromatic amines is 1. The molecule has 0 amide bonds. The second-order valence-corrected chi connectivity index (χ2v) is 3.38. The fraction of sp³-hybridized carbons (Fsp3) is 0. The Kier molecular flexibility index (Phi) is 2.76. The van der Waals surface area contributed by atoms with Gasteiger partial charge >= 0.3 is 5.69 Å². The van der Waals surface area contributed by atoms with Gasteiger partial charge in [-0.2, -0.15) is 4.39 Å². The number of halogens is 1. The molecule has 1 aromatic heterocycles. The quantitative estimate of drug-likeness (QED) is 0.623. The molecule has 0 atom stereocenters. The van der Waals surface area contributed by atoms with Crippen LogP contribution in [-0.4, -0.2) is 14.5 Å². The molecular weight excluding hydrogens is 245 g/mol. The van der Waals surface area contributed by atoms with Crippen molar-refractivity contribution in [1.82, 2.24) is 9.55 Å². The highest BCUT2D eigenvalue weighted by molar-refractivity contribution is 5.40. The van der Waals surface area contributed by atoms with Gasteiger partial charge in [0, 0.05) is 12.1 Å². The normalized spacial score (nSPS) is 10.3. The van der Waals surface area contributed by atoms with Gasteiger partial charge < -0.3 is 0 Å². The Labute approximate surface area is 98.3 Å². The molecule has 0 saturated carbocycles. The standard InChI is InChI=1S/C10H6FN3O4/c11-8-5-13(10(16)12-9(8)15)6-1-3-7(4-2-6)14(17)18/h1-5H,(H,12,15,16). The Morgan fingerprint density at radius 3 is 2.39 bits per heavy atom. The molecule has 1 N–H and O–H groups in total. The van der Waals surface area contributed by atoms with E-state index in [1.165, 1.54) is 24.3 Å². The Morgan fingerprint density at radius 1 is 1.22 bits per heavy atom. The Balaban J connectivity index is 2.56. The van der Waals surface area contributed by atoms with Crippen molar-refractivity contribution >= 4 is 5.69 Å². The molecule has 0 aliphatic heterocycles. The number of H-pyrrole nitrogens is 1. The molecule has 0 aliphatic carbocycles. The first kappa shape index (κ1) is 11.7. The van der Waals surface area contributed by atoms with E-state index in [9.17, 15) is 24.1 Å². The second kappa shape index (κ2) is 4.24. The summed E-state index contributed by atoms with van der Waals surface area (Å²) < 4.78 is 13.9. The van der Waals surface area contributed by atoms with Gasteiger partial charge in [0.15, 0.2) is 0 Å². The lowest BCUT2D eigenvalue weighted by Crippen LogP contribution is -2.30. The van der Waals surface area contributed by atoms with Crippen molar-refractivity contribution in [3.8, 4) is 5.69 Å². The zero-order valence-corrected chi connectivity index (χ0v) is 8.79. The van der Waals surface area contributed by atoms with Crippen LogP contribution in [0, 0.1) is 15.9 Å². The minimum Gasteiger partial charge on any atom is -0.271 e. The molecule has 0 spiro atoms. The van der Waals surface area contributed by atoms with E-state index in [2.05, 4.69) is 0 Å². The highest BCUT2D eigenvalue weighted by Gasteiger charge is 2.08. The number of nitro groups is 1. The zero-order valence-electron chi connectivity index (χ0n) is 8.79. The summed E-state index contributed by atoms with van der Waals surface area (Å²) in [5.41, 5.74) is -1.88. The highest BCUT2D eigenvalue weighted by atomic mass is 19.1. The fourth-order valence-electron chi connectivity index (χ4n) is 1.37. The van der Waals surface area contributed by atoms with Crippen molar-refractivity contribution in [1.29, 1.82) is 0 Å². The molecule has 0 unspecified atom stereocenters. The van der Waals surface area contributed by atoms with Crippen LogP contribution in [0.4, 0.5) is 10.1 Å². The molecule has 0 bridgehead atoms. The number of benzene rings is 1. The smallest absolute Gasteiger partial charge is 0.271 e. The zero-order chi connectivity index (χ0) is 13.3. The monoisotopic (exact) mass is 251 g/mol. The maximum atomic E-state index is 13.0. The molecule has 2 rings (SSSR count). The summed E-state index contributed by atoms with van der Waals surface area (Å²) in [6, 6.07) is 4.89. The van der Waals surface area contributed by atoms with Crippen molar-refractivity contribution in [3.05, 3.63) is 67.2 Å². The SMILES string of the molecule is O=c1[nH]c(=O)n(-c2ccc([N+](=O)[O-])cc2)cc1F. The third kappa shape index (κ3) is 2.03.